The zero-order valence-electron chi connectivity index (χ0n) is 21.9. The van der Waals surface area contributed by atoms with Crippen molar-refractivity contribution in [1.29, 1.82) is 0 Å². The van der Waals surface area contributed by atoms with E-state index in [9.17, 15) is 0 Å². The molecule has 0 aliphatic carbocycles. The van der Waals surface area contributed by atoms with E-state index in [0.717, 1.165) is 6.42 Å². The van der Waals surface area contributed by atoms with Crippen LogP contribution in [0.4, 0.5) is 0 Å². The molecule has 0 unspecified atom stereocenters. The molecule has 0 bridgehead atoms. The second-order valence-corrected chi connectivity index (χ2v) is 8.29. The Morgan fingerprint density at radius 2 is 0.781 bits per heavy atom. The largest absolute Gasteiger partial charge is 1.00 e. The van der Waals surface area contributed by atoms with Crippen molar-refractivity contribution in [2.75, 3.05) is 6.61 Å². The molecule has 0 aromatic carbocycles. The van der Waals surface area contributed by atoms with E-state index in [2.05, 4.69) is 19.1 Å². The summed E-state index contributed by atoms with van der Waals surface area (Å²) in [6.45, 7) is 2.98. The van der Waals surface area contributed by atoms with Crippen molar-refractivity contribution in [1.82, 2.24) is 0 Å². The number of hydrogen-bond donors (Lipinski definition) is 1. The minimum atomic E-state index is 0. The molecular formula is C23H52Cl4NNaOSTi. The van der Waals surface area contributed by atoms with Crippen molar-refractivity contribution < 1.29 is 57.4 Å². The van der Waals surface area contributed by atoms with Crippen LogP contribution in [0.1, 0.15) is 137 Å². The third-order valence-electron chi connectivity index (χ3n) is 5.24. The van der Waals surface area contributed by atoms with Gasteiger partial charge in [0, 0.05) is 21.7 Å². The average molecular weight is 603 g/mol. The first-order valence-electron chi connectivity index (χ1n) is 11.7. The molecule has 0 heterocycles. The van der Waals surface area contributed by atoms with Gasteiger partial charge in [-0.25, -0.2) is 0 Å². The summed E-state index contributed by atoms with van der Waals surface area (Å²) < 4.78 is 5.09. The summed E-state index contributed by atoms with van der Waals surface area (Å²) in [7, 11) is 0. The Balaban J connectivity index is -0.000000149. The molecule has 194 valence electrons. The molecule has 0 fully saturated rings. The van der Waals surface area contributed by atoms with E-state index in [1.807, 2.05) is 0 Å². The van der Waals surface area contributed by atoms with E-state index < -0.39 is 0 Å². The zero-order chi connectivity index (χ0) is 19.1. The van der Waals surface area contributed by atoms with Crippen LogP contribution in [0, 0.1) is 0 Å². The van der Waals surface area contributed by atoms with Gasteiger partial charge in [-0.1, -0.05) is 129 Å². The first kappa shape index (κ1) is 51.2. The molecule has 2 N–H and O–H groups in total. The van der Waals surface area contributed by atoms with E-state index in [1.165, 1.54) is 122 Å². The van der Waals surface area contributed by atoms with Crippen LogP contribution in [0.5, 0.6) is 0 Å². The van der Waals surface area contributed by atoms with Crippen molar-refractivity contribution in [3.8, 4) is 0 Å². The second kappa shape index (κ2) is 46.8. The van der Waals surface area contributed by atoms with E-state index in [-0.39, 0.29) is 108 Å². The van der Waals surface area contributed by atoms with Gasteiger partial charge >= 0.3 is 29.6 Å². The van der Waals surface area contributed by atoms with E-state index in [0.29, 0.717) is 6.61 Å². The predicted octanol–water partition coefficient (Wildman–Crippen LogP) is 6.87. The number of thiocarbonyl (C=S) groups is 1. The SMILES string of the molecule is CCCCCCCCCCCCCCCCCCCCCCOC(N)=S.Cl.Cl.Cl.Cl.[H-].[Na+].[Ti]. The molecule has 2 nitrogen and oxygen atoms in total. The monoisotopic (exact) mass is 601 g/mol. The predicted molar refractivity (Wildman–Crippen MR) is 151 cm³/mol. The molecule has 0 saturated carbocycles. The van der Waals surface area contributed by atoms with Crippen molar-refractivity contribution in [3.63, 3.8) is 0 Å². The summed E-state index contributed by atoms with van der Waals surface area (Å²) in [4.78, 5) is 0. The molecule has 0 saturated heterocycles. The first-order chi connectivity index (χ1) is 12.8. The minimum Gasteiger partial charge on any atom is -1.00 e. The van der Waals surface area contributed by atoms with Gasteiger partial charge in [0.1, 0.15) is 0 Å². The minimum absolute atomic E-state index is 0. The van der Waals surface area contributed by atoms with Gasteiger partial charge in [0.25, 0.3) is 5.17 Å². The fraction of sp³-hybridized carbons (Fsp3) is 0.957. The zero-order valence-corrected chi connectivity index (χ0v) is 28.5. The number of halogens is 4. The molecule has 0 amide bonds. The molecule has 0 aliphatic heterocycles. The number of hydrogen-bond acceptors (Lipinski definition) is 2. The first-order valence-corrected chi connectivity index (χ1v) is 12.1. The Labute approximate surface area is 269 Å². The van der Waals surface area contributed by atoms with E-state index >= 15 is 0 Å². The van der Waals surface area contributed by atoms with Gasteiger partial charge in [-0.15, -0.1) is 49.6 Å². The van der Waals surface area contributed by atoms with Crippen molar-refractivity contribution >= 4 is 67.0 Å². The Morgan fingerprint density at radius 1 is 0.562 bits per heavy atom. The van der Waals surface area contributed by atoms with Crippen LogP contribution in [0.2, 0.25) is 0 Å². The van der Waals surface area contributed by atoms with Crippen LogP contribution < -0.4 is 35.3 Å². The summed E-state index contributed by atoms with van der Waals surface area (Å²) in [5.74, 6) is 0. The van der Waals surface area contributed by atoms with Gasteiger partial charge in [-0.3, -0.25) is 0 Å². The molecule has 0 radical (unpaired) electrons. The average Bonchev–Trinajstić information content (AvgIpc) is 2.62. The molecule has 32 heavy (non-hydrogen) atoms. The summed E-state index contributed by atoms with van der Waals surface area (Å²) in [5.41, 5.74) is 5.29. The van der Waals surface area contributed by atoms with Gasteiger partial charge in [0.05, 0.1) is 6.61 Å². The van der Waals surface area contributed by atoms with Gasteiger partial charge in [-0.05, 0) is 18.6 Å². The molecule has 0 rings (SSSR count). The van der Waals surface area contributed by atoms with Crippen LogP contribution in [-0.2, 0) is 26.5 Å². The fourth-order valence-electron chi connectivity index (χ4n) is 3.53. The topological polar surface area (TPSA) is 35.2 Å². The normalized spacial score (nSPS) is 8.91. The van der Waals surface area contributed by atoms with Gasteiger partial charge in [0.15, 0.2) is 0 Å². The molecule has 0 aromatic heterocycles. The Hall–Kier alpha value is 2.56. The maximum absolute atomic E-state index is 5.29. The van der Waals surface area contributed by atoms with Crippen molar-refractivity contribution in [3.05, 3.63) is 0 Å². The van der Waals surface area contributed by atoms with E-state index in [1.54, 1.807) is 0 Å². The Morgan fingerprint density at radius 3 is 1.00 bits per heavy atom. The maximum Gasteiger partial charge on any atom is 1.00 e. The quantitative estimate of drug-likeness (QED) is 0.0884. The van der Waals surface area contributed by atoms with Crippen LogP contribution in [-0.4, -0.2) is 11.8 Å². The van der Waals surface area contributed by atoms with Gasteiger partial charge in [-0.2, -0.15) is 0 Å². The second-order valence-electron chi connectivity index (χ2n) is 7.89. The van der Waals surface area contributed by atoms with Gasteiger partial charge in [0.2, 0.25) is 0 Å². The summed E-state index contributed by atoms with van der Waals surface area (Å²) in [5, 5.41) is 0.183. The Kier molecular flexibility index (Phi) is 75.0. The number of nitrogens with two attached hydrogens (primary N) is 1. The molecule has 0 aromatic rings. The maximum atomic E-state index is 5.29. The number of rotatable bonds is 21. The third kappa shape index (κ3) is 49.6. The third-order valence-corrected chi connectivity index (χ3v) is 5.36. The van der Waals surface area contributed by atoms with Crippen LogP contribution in [0.3, 0.4) is 0 Å². The molecule has 0 aliphatic rings. The van der Waals surface area contributed by atoms with Crippen LogP contribution in [0.15, 0.2) is 0 Å². The molecular weight excluding hydrogens is 551 g/mol. The molecule has 0 atom stereocenters. The van der Waals surface area contributed by atoms with Crippen LogP contribution >= 0.6 is 61.8 Å². The summed E-state index contributed by atoms with van der Waals surface area (Å²) in [6, 6.07) is 0. The molecule has 9 heteroatoms. The smallest absolute Gasteiger partial charge is 1.00 e. The van der Waals surface area contributed by atoms with E-state index in [4.69, 9.17) is 10.5 Å². The number of ether oxygens (including phenoxy) is 1. The number of unbranched alkanes of at least 4 members (excludes halogenated alkanes) is 19. The fourth-order valence-corrected chi connectivity index (χ4v) is 3.61. The van der Waals surface area contributed by atoms with Gasteiger partial charge < -0.3 is 11.9 Å². The van der Waals surface area contributed by atoms with Crippen molar-refractivity contribution in [2.24, 2.45) is 5.73 Å². The molecule has 0 spiro atoms. The Bertz CT molecular complexity index is 320. The standard InChI is InChI=1S/C23H47NOS.4ClH.Na.Ti.H/c1-2-3-4-5-6-7-8-9-10-11-12-13-14-15-16-17-18-19-20-21-22-25-23(24)26;;;;;;;/h2-22H2,1H3,(H2,24,26);4*1H;;;/q;;;;;+1;;-1. The van der Waals surface area contributed by atoms with Crippen LogP contribution in [0.25, 0.3) is 0 Å². The summed E-state index contributed by atoms with van der Waals surface area (Å²) in [6.07, 6.45) is 28.1. The van der Waals surface area contributed by atoms with Crippen molar-refractivity contribution in [2.45, 2.75) is 135 Å². The summed E-state index contributed by atoms with van der Waals surface area (Å²) >= 11 is 4.68.